The van der Waals surface area contributed by atoms with Gasteiger partial charge in [0.05, 0.1) is 6.10 Å². The van der Waals surface area contributed by atoms with Crippen LogP contribution in [0.4, 0.5) is 0 Å². The predicted molar refractivity (Wildman–Crippen MR) is 80.6 cm³/mol. The van der Waals surface area contributed by atoms with Crippen molar-refractivity contribution >= 4 is 15.9 Å². The molecule has 0 aliphatic rings. The smallest absolute Gasteiger partial charge is 0.0914 e. The van der Waals surface area contributed by atoms with Gasteiger partial charge in [0.2, 0.25) is 0 Å². The van der Waals surface area contributed by atoms with Crippen LogP contribution in [-0.4, -0.2) is 17.7 Å². The number of halogens is 1. The Morgan fingerprint density at radius 1 is 1.33 bits per heavy atom. The SMILES string of the molecule is CCC(C)CC(C)NCC(O)c1cccc(Br)c1. The molecule has 0 bridgehead atoms. The molecule has 2 nitrogen and oxygen atoms in total. The Morgan fingerprint density at radius 2 is 2.06 bits per heavy atom. The van der Waals surface area contributed by atoms with Crippen LogP contribution in [0.5, 0.6) is 0 Å². The van der Waals surface area contributed by atoms with E-state index in [1.54, 1.807) is 0 Å². The van der Waals surface area contributed by atoms with Crippen LogP contribution in [0.2, 0.25) is 0 Å². The van der Waals surface area contributed by atoms with E-state index in [1.807, 2.05) is 24.3 Å². The van der Waals surface area contributed by atoms with Crippen molar-refractivity contribution < 1.29 is 5.11 Å². The molecule has 3 heteroatoms. The summed E-state index contributed by atoms with van der Waals surface area (Å²) in [6, 6.07) is 8.28. The predicted octanol–water partition coefficient (Wildman–Crippen LogP) is 3.90. The average molecular weight is 314 g/mol. The fourth-order valence-corrected chi connectivity index (χ4v) is 2.42. The van der Waals surface area contributed by atoms with Crippen molar-refractivity contribution in [2.24, 2.45) is 5.92 Å². The quantitative estimate of drug-likeness (QED) is 0.800. The molecule has 0 aliphatic heterocycles. The topological polar surface area (TPSA) is 32.3 Å². The highest BCUT2D eigenvalue weighted by molar-refractivity contribution is 9.10. The largest absolute Gasteiger partial charge is 0.387 e. The van der Waals surface area contributed by atoms with Crippen molar-refractivity contribution in [1.29, 1.82) is 0 Å². The molecule has 0 amide bonds. The van der Waals surface area contributed by atoms with Gasteiger partial charge in [-0.15, -0.1) is 0 Å². The molecule has 0 spiro atoms. The van der Waals surface area contributed by atoms with Crippen molar-refractivity contribution in [1.82, 2.24) is 5.32 Å². The lowest BCUT2D eigenvalue weighted by atomic mass is 10.00. The molecule has 3 atom stereocenters. The monoisotopic (exact) mass is 313 g/mol. The third kappa shape index (κ3) is 5.51. The average Bonchev–Trinajstić information content (AvgIpc) is 2.35. The van der Waals surface area contributed by atoms with Gasteiger partial charge in [-0.2, -0.15) is 0 Å². The van der Waals surface area contributed by atoms with Crippen LogP contribution < -0.4 is 5.32 Å². The summed E-state index contributed by atoms with van der Waals surface area (Å²) in [4.78, 5) is 0. The molecule has 0 fully saturated rings. The second-order valence-corrected chi connectivity index (χ2v) is 6.04. The van der Waals surface area contributed by atoms with Crippen molar-refractivity contribution in [2.75, 3.05) is 6.54 Å². The first-order chi connectivity index (χ1) is 8.52. The van der Waals surface area contributed by atoms with Gasteiger partial charge >= 0.3 is 0 Å². The number of hydrogen-bond acceptors (Lipinski definition) is 2. The summed E-state index contributed by atoms with van der Waals surface area (Å²) < 4.78 is 1.01. The second kappa shape index (κ2) is 7.93. The minimum Gasteiger partial charge on any atom is -0.387 e. The Morgan fingerprint density at radius 3 is 2.67 bits per heavy atom. The summed E-state index contributed by atoms with van der Waals surface area (Å²) in [6.07, 6.45) is 1.92. The first kappa shape index (κ1) is 15.7. The maximum Gasteiger partial charge on any atom is 0.0914 e. The highest BCUT2D eigenvalue weighted by atomic mass is 79.9. The van der Waals surface area contributed by atoms with Crippen LogP contribution in [0, 0.1) is 5.92 Å². The zero-order valence-electron chi connectivity index (χ0n) is 11.5. The highest BCUT2D eigenvalue weighted by Crippen LogP contribution is 2.18. The van der Waals surface area contributed by atoms with E-state index in [9.17, 15) is 5.11 Å². The van der Waals surface area contributed by atoms with Gasteiger partial charge in [-0.25, -0.2) is 0 Å². The Bertz CT molecular complexity index is 356. The summed E-state index contributed by atoms with van der Waals surface area (Å²) in [6.45, 7) is 7.27. The molecule has 102 valence electrons. The first-order valence-corrected chi connectivity index (χ1v) is 7.49. The molecule has 0 saturated carbocycles. The Kier molecular flexibility index (Phi) is 6.90. The molecule has 3 unspecified atom stereocenters. The van der Waals surface area contributed by atoms with E-state index in [2.05, 4.69) is 42.0 Å². The number of nitrogens with one attached hydrogen (secondary N) is 1. The standard InChI is InChI=1S/C15H24BrNO/c1-4-11(2)8-12(3)17-10-15(18)13-6-5-7-14(16)9-13/h5-7,9,11-12,15,17-18H,4,8,10H2,1-3H3. The fraction of sp³-hybridized carbons (Fsp3) is 0.600. The lowest BCUT2D eigenvalue weighted by Gasteiger charge is -2.20. The van der Waals surface area contributed by atoms with Gasteiger partial charge in [0.1, 0.15) is 0 Å². The van der Waals surface area contributed by atoms with Crippen LogP contribution in [0.15, 0.2) is 28.7 Å². The van der Waals surface area contributed by atoms with E-state index in [0.29, 0.717) is 12.6 Å². The van der Waals surface area contributed by atoms with Crippen LogP contribution in [0.25, 0.3) is 0 Å². The normalized spacial score (nSPS) is 16.3. The zero-order chi connectivity index (χ0) is 13.5. The molecule has 0 radical (unpaired) electrons. The molecule has 18 heavy (non-hydrogen) atoms. The van der Waals surface area contributed by atoms with Crippen LogP contribution >= 0.6 is 15.9 Å². The number of aliphatic hydroxyl groups excluding tert-OH is 1. The summed E-state index contributed by atoms with van der Waals surface area (Å²) in [5, 5.41) is 13.5. The van der Waals surface area contributed by atoms with Gasteiger partial charge in [0, 0.05) is 17.1 Å². The molecule has 0 heterocycles. The van der Waals surface area contributed by atoms with Crippen LogP contribution in [0.3, 0.4) is 0 Å². The summed E-state index contributed by atoms with van der Waals surface area (Å²) in [7, 11) is 0. The van der Waals surface area contributed by atoms with E-state index in [0.717, 1.165) is 22.4 Å². The van der Waals surface area contributed by atoms with Crippen molar-refractivity contribution in [2.45, 2.75) is 45.8 Å². The molecule has 0 saturated heterocycles. The minimum absolute atomic E-state index is 0.443. The number of rotatable bonds is 7. The Labute approximate surface area is 119 Å². The molecule has 1 aromatic rings. The van der Waals surface area contributed by atoms with Gasteiger partial charge in [0.15, 0.2) is 0 Å². The van der Waals surface area contributed by atoms with Gasteiger partial charge in [-0.3, -0.25) is 0 Å². The van der Waals surface area contributed by atoms with Gasteiger partial charge < -0.3 is 10.4 Å². The highest BCUT2D eigenvalue weighted by Gasteiger charge is 2.11. The lowest BCUT2D eigenvalue weighted by Crippen LogP contribution is -2.31. The molecule has 1 rings (SSSR count). The van der Waals surface area contributed by atoms with Crippen LogP contribution in [-0.2, 0) is 0 Å². The van der Waals surface area contributed by atoms with E-state index >= 15 is 0 Å². The molecular formula is C15H24BrNO. The number of benzene rings is 1. The Balaban J connectivity index is 2.39. The van der Waals surface area contributed by atoms with Crippen LogP contribution in [0.1, 0.15) is 45.3 Å². The first-order valence-electron chi connectivity index (χ1n) is 6.69. The molecule has 1 aromatic carbocycles. The summed E-state index contributed by atoms with van der Waals surface area (Å²) in [5.74, 6) is 0.732. The van der Waals surface area contributed by atoms with E-state index in [4.69, 9.17) is 0 Å². The molecule has 2 N–H and O–H groups in total. The molecule has 0 aliphatic carbocycles. The van der Waals surface area contributed by atoms with Crippen molar-refractivity contribution in [3.63, 3.8) is 0 Å². The third-order valence-electron chi connectivity index (χ3n) is 3.35. The van der Waals surface area contributed by atoms with Crippen molar-refractivity contribution in [3.05, 3.63) is 34.3 Å². The zero-order valence-corrected chi connectivity index (χ0v) is 13.1. The third-order valence-corrected chi connectivity index (χ3v) is 3.84. The van der Waals surface area contributed by atoms with E-state index < -0.39 is 6.10 Å². The summed E-state index contributed by atoms with van der Waals surface area (Å²) >= 11 is 3.42. The van der Waals surface area contributed by atoms with Gasteiger partial charge in [-0.05, 0) is 37.0 Å². The maximum absolute atomic E-state index is 10.1. The lowest BCUT2D eigenvalue weighted by molar-refractivity contribution is 0.168. The van der Waals surface area contributed by atoms with Gasteiger partial charge in [0.25, 0.3) is 0 Å². The number of hydrogen-bond donors (Lipinski definition) is 2. The van der Waals surface area contributed by atoms with E-state index in [1.165, 1.54) is 6.42 Å². The maximum atomic E-state index is 10.1. The minimum atomic E-state index is -0.443. The fourth-order valence-electron chi connectivity index (χ4n) is 2.00. The van der Waals surface area contributed by atoms with E-state index in [-0.39, 0.29) is 0 Å². The van der Waals surface area contributed by atoms with Crippen molar-refractivity contribution in [3.8, 4) is 0 Å². The van der Waals surface area contributed by atoms with Gasteiger partial charge in [-0.1, -0.05) is 48.3 Å². The molecule has 0 aromatic heterocycles. The molecular weight excluding hydrogens is 290 g/mol. The Hall–Kier alpha value is -0.380. The number of aliphatic hydroxyl groups is 1. The summed E-state index contributed by atoms with van der Waals surface area (Å²) in [5.41, 5.74) is 0.951. The second-order valence-electron chi connectivity index (χ2n) is 5.13.